The van der Waals surface area contributed by atoms with Gasteiger partial charge in [0.05, 0.1) is 6.07 Å². The third-order valence-corrected chi connectivity index (χ3v) is 5.48. The summed E-state index contributed by atoms with van der Waals surface area (Å²) >= 11 is 0. The average Bonchev–Trinajstić information content (AvgIpc) is 2.83. The minimum atomic E-state index is -0.245. The fourth-order valence-corrected chi connectivity index (χ4v) is 4.01. The highest BCUT2D eigenvalue weighted by Crippen LogP contribution is 2.37. The molecule has 1 saturated heterocycles. The van der Waals surface area contributed by atoms with E-state index in [0.29, 0.717) is 5.92 Å². The van der Waals surface area contributed by atoms with Crippen molar-refractivity contribution < 1.29 is 0 Å². The number of piperidine rings is 1. The van der Waals surface area contributed by atoms with Gasteiger partial charge in [-0.05, 0) is 64.5 Å². The predicted octanol–water partition coefficient (Wildman–Crippen LogP) is 2.78. The molecular formula is C16H29N3. The molecule has 0 spiro atoms. The minimum Gasteiger partial charge on any atom is -0.302 e. The van der Waals surface area contributed by atoms with Gasteiger partial charge in [0, 0.05) is 12.6 Å². The van der Waals surface area contributed by atoms with Crippen molar-refractivity contribution in [1.82, 2.24) is 10.2 Å². The van der Waals surface area contributed by atoms with Crippen molar-refractivity contribution in [2.24, 2.45) is 11.8 Å². The maximum atomic E-state index is 9.49. The third-order valence-electron chi connectivity index (χ3n) is 5.48. The molecule has 0 bridgehead atoms. The first kappa shape index (κ1) is 14.8. The summed E-state index contributed by atoms with van der Waals surface area (Å²) in [6.07, 6.45) is 7.32. The van der Waals surface area contributed by atoms with Gasteiger partial charge in [0.2, 0.25) is 0 Å². The first-order valence-electron chi connectivity index (χ1n) is 7.95. The Morgan fingerprint density at radius 1 is 1.32 bits per heavy atom. The second-order valence-electron chi connectivity index (χ2n) is 6.74. The molecule has 19 heavy (non-hydrogen) atoms. The molecule has 3 nitrogen and oxygen atoms in total. The molecule has 0 radical (unpaired) electrons. The topological polar surface area (TPSA) is 39.1 Å². The number of hydrogen-bond acceptors (Lipinski definition) is 3. The van der Waals surface area contributed by atoms with Crippen LogP contribution in [0.5, 0.6) is 0 Å². The van der Waals surface area contributed by atoms with Crippen molar-refractivity contribution in [3.8, 4) is 6.07 Å². The number of hydrogen-bond donors (Lipinski definition) is 1. The van der Waals surface area contributed by atoms with E-state index in [1.807, 2.05) is 7.05 Å². The summed E-state index contributed by atoms with van der Waals surface area (Å²) in [5.74, 6) is 1.37. The van der Waals surface area contributed by atoms with Crippen LogP contribution in [-0.4, -0.2) is 36.6 Å². The van der Waals surface area contributed by atoms with Crippen molar-refractivity contribution in [3.63, 3.8) is 0 Å². The lowest BCUT2D eigenvalue weighted by atomic mass is 9.85. The average molecular weight is 263 g/mol. The van der Waals surface area contributed by atoms with E-state index in [2.05, 4.69) is 30.1 Å². The largest absolute Gasteiger partial charge is 0.302 e. The van der Waals surface area contributed by atoms with Gasteiger partial charge in [-0.2, -0.15) is 5.26 Å². The van der Waals surface area contributed by atoms with Gasteiger partial charge in [0.15, 0.2) is 0 Å². The Morgan fingerprint density at radius 3 is 2.79 bits per heavy atom. The van der Waals surface area contributed by atoms with Crippen LogP contribution in [0.2, 0.25) is 0 Å². The lowest BCUT2D eigenvalue weighted by Gasteiger charge is -2.38. The maximum absolute atomic E-state index is 9.49. The Hall–Kier alpha value is -0.590. The molecule has 108 valence electrons. The van der Waals surface area contributed by atoms with E-state index in [-0.39, 0.29) is 5.54 Å². The van der Waals surface area contributed by atoms with Gasteiger partial charge in [-0.25, -0.2) is 0 Å². The van der Waals surface area contributed by atoms with Crippen LogP contribution in [0.15, 0.2) is 0 Å². The Bertz CT molecular complexity index is 335. The van der Waals surface area contributed by atoms with Crippen molar-refractivity contribution in [2.75, 3.05) is 20.1 Å². The van der Waals surface area contributed by atoms with Crippen LogP contribution in [0.25, 0.3) is 0 Å². The molecule has 0 aromatic heterocycles. The molecule has 1 aliphatic carbocycles. The molecule has 0 aromatic carbocycles. The van der Waals surface area contributed by atoms with Gasteiger partial charge < -0.3 is 10.2 Å². The number of rotatable bonds is 4. The Labute approximate surface area is 118 Å². The number of nitrogens with zero attached hydrogens (tertiary/aromatic N) is 2. The Morgan fingerprint density at radius 2 is 2.11 bits per heavy atom. The maximum Gasteiger partial charge on any atom is 0.109 e. The predicted molar refractivity (Wildman–Crippen MR) is 78.8 cm³/mol. The van der Waals surface area contributed by atoms with Crippen LogP contribution in [0.4, 0.5) is 0 Å². The monoisotopic (exact) mass is 263 g/mol. The molecule has 1 saturated carbocycles. The second kappa shape index (κ2) is 6.24. The van der Waals surface area contributed by atoms with Crippen molar-refractivity contribution >= 4 is 0 Å². The van der Waals surface area contributed by atoms with E-state index < -0.39 is 0 Å². The van der Waals surface area contributed by atoms with Crippen LogP contribution >= 0.6 is 0 Å². The first-order chi connectivity index (χ1) is 9.11. The summed E-state index contributed by atoms with van der Waals surface area (Å²) in [6, 6.07) is 3.28. The van der Waals surface area contributed by atoms with Crippen molar-refractivity contribution in [1.29, 1.82) is 5.26 Å². The summed E-state index contributed by atoms with van der Waals surface area (Å²) in [7, 11) is 1.95. The molecule has 1 heterocycles. The standard InChI is InChI=1S/C16H29N3/c1-13-6-7-14(2)19(11-13)10-8-15-5-4-9-16(15,12-17)18-3/h13-15,18H,4-11H2,1-3H3. The van der Waals surface area contributed by atoms with E-state index in [1.165, 1.54) is 45.2 Å². The molecule has 1 N–H and O–H groups in total. The van der Waals surface area contributed by atoms with E-state index in [1.54, 1.807) is 0 Å². The summed E-state index contributed by atoms with van der Waals surface area (Å²) < 4.78 is 0. The molecule has 2 rings (SSSR count). The van der Waals surface area contributed by atoms with Gasteiger partial charge in [-0.3, -0.25) is 0 Å². The molecule has 3 heteroatoms. The minimum absolute atomic E-state index is 0.245. The highest BCUT2D eigenvalue weighted by molar-refractivity contribution is 5.13. The van der Waals surface area contributed by atoms with Gasteiger partial charge in [-0.1, -0.05) is 13.3 Å². The van der Waals surface area contributed by atoms with Gasteiger partial charge >= 0.3 is 0 Å². The Balaban J connectivity index is 1.89. The van der Waals surface area contributed by atoms with E-state index in [0.717, 1.165) is 18.4 Å². The molecule has 4 atom stereocenters. The van der Waals surface area contributed by atoms with Crippen LogP contribution < -0.4 is 5.32 Å². The van der Waals surface area contributed by atoms with E-state index in [9.17, 15) is 5.26 Å². The molecule has 4 unspecified atom stereocenters. The zero-order chi connectivity index (χ0) is 13.9. The van der Waals surface area contributed by atoms with Crippen molar-refractivity contribution in [3.05, 3.63) is 0 Å². The number of nitrogens with one attached hydrogen (secondary N) is 1. The molecule has 1 aliphatic heterocycles. The summed E-state index contributed by atoms with van der Waals surface area (Å²) in [5.41, 5.74) is -0.245. The SMILES string of the molecule is CNC1(C#N)CCCC1CCN1CC(C)CCC1C. The zero-order valence-electron chi connectivity index (χ0n) is 12.8. The molecule has 0 aromatic rings. The molecule has 2 fully saturated rings. The van der Waals surface area contributed by atoms with E-state index >= 15 is 0 Å². The quantitative estimate of drug-likeness (QED) is 0.847. The lowest BCUT2D eigenvalue weighted by Crippen LogP contribution is -2.47. The first-order valence-corrected chi connectivity index (χ1v) is 7.95. The molecule has 0 amide bonds. The summed E-state index contributed by atoms with van der Waals surface area (Å²) in [5, 5.41) is 12.8. The fraction of sp³-hybridized carbons (Fsp3) is 0.938. The van der Waals surface area contributed by atoms with Crippen LogP contribution in [0.3, 0.4) is 0 Å². The van der Waals surface area contributed by atoms with Gasteiger partial charge in [0.1, 0.15) is 5.54 Å². The lowest BCUT2D eigenvalue weighted by molar-refractivity contribution is 0.112. The van der Waals surface area contributed by atoms with Crippen LogP contribution in [-0.2, 0) is 0 Å². The van der Waals surface area contributed by atoms with Gasteiger partial charge in [-0.15, -0.1) is 0 Å². The third kappa shape index (κ3) is 3.12. The second-order valence-corrected chi connectivity index (χ2v) is 6.74. The van der Waals surface area contributed by atoms with Crippen molar-refractivity contribution in [2.45, 2.75) is 64.0 Å². The van der Waals surface area contributed by atoms with E-state index in [4.69, 9.17) is 0 Å². The zero-order valence-corrected chi connectivity index (χ0v) is 12.8. The summed E-state index contributed by atoms with van der Waals surface area (Å²) in [4.78, 5) is 2.64. The summed E-state index contributed by atoms with van der Waals surface area (Å²) in [6.45, 7) is 7.13. The highest BCUT2D eigenvalue weighted by Gasteiger charge is 2.41. The highest BCUT2D eigenvalue weighted by atomic mass is 15.2. The molecule has 2 aliphatic rings. The van der Waals surface area contributed by atoms with Gasteiger partial charge in [0.25, 0.3) is 0 Å². The number of nitriles is 1. The Kier molecular flexibility index (Phi) is 4.86. The van der Waals surface area contributed by atoms with Crippen LogP contribution in [0.1, 0.15) is 52.4 Å². The molecular weight excluding hydrogens is 234 g/mol. The van der Waals surface area contributed by atoms with Crippen LogP contribution in [0, 0.1) is 23.2 Å². The smallest absolute Gasteiger partial charge is 0.109 e. The fourth-order valence-electron chi connectivity index (χ4n) is 4.01. The normalized spacial score (nSPS) is 40.2. The number of likely N-dealkylation sites (tertiary alicyclic amines) is 1.